The number of carbonyl (C=O) groups is 1. The minimum absolute atomic E-state index is 0.0743. The van der Waals surface area contributed by atoms with E-state index in [0.717, 1.165) is 12.8 Å². The van der Waals surface area contributed by atoms with Crippen LogP contribution in [0.5, 0.6) is 0 Å². The van der Waals surface area contributed by atoms with Gasteiger partial charge in [-0.2, -0.15) is 0 Å². The summed E-state index contributed by atoms with van der Waals surface area (Å²) in [4.78, 5) is 13.8. The molecule has 8 heteroatoms. The Morgan fingerprint density at radius 1 is 1.36 bits per heavy atom. The summed E-state index contributed by atoms with van der Waals surface area (Å²) in [5.41, 5.74) is 6.38. The third-order valence-corrected chi connectivity index (χ3v) is 4.33. The number of nitrogens with zero attached hydrogens (tertiary/aromatic N) is 4. The van der Waals surface area contributed by atoms with Crippen molar-refractivity contribution in [1.82, 2.24) is 19.9 Å². The number of benzene rings is 1. The number of nitrogens with two attached hydrogens (primary N) is 1. The van der Waals surface area contributed by atoms with E-state index in [1.807, 2.05) is 20.8 Å². The standard InChI is InChI=1S/C17H24FN5O2/c1-17(2,3)25-16(24)22-6-4-11(5-7-22)10-23-15-8-12(18)13(19)9-14(15)20-21-23/h8-9,11H,4-7,10,19H2,1-3H3. The van der Waals surface area contributed by atoms with Crippen LogP contribution in [0, 0.1) is 11.7 Å². The maximum Gasteiger partial charge on any atom is 0.410 e. The lowest BCUT2D eigenvalue weighted by Gasteiger charge is -2.33. The van der Waals surface area contributed by atoms with Crippen LogP contribution in [0.25, 0.3) is 11.0 Å². The smallest absolute Gasteiger partial charge is 0.410 e. The highest BCUT2D eigenvalue weighted by Crippen LogP contribution is 2.24. The Kier molecular flexibility index (Phi) is 4.53. The second kappa shape index (κ2) is 6.50. The fourth-order valence-electron chi connectivity index (χ4n) is 3.01. The number of hydrogen-bond donors (Lipinski definition) is 1. The zero-order valence-electron chi connectivity index (χ0n) is 14.8. The average Bonchev–Trinajstić information content (AvgIpc) is 2.89. The van der Waals surface area contributed by atoms with E-state index in [1.54, 1.807) is 9.58 Å². The normalized spacial score (nSPS) is 16.4. The van der Waals surface area contributed by atoms with Crippen LogP contribution >= 0.6 is 0 Å². The van der Waals surface area contributed by atoms with Gasteiger partial charge in [-0.05, 0) is 45.6 Å². The highest BCUT2D eigenvalue weighted by molar-refractivity contribution is 5.78. The summed E-state index contributed by atoms with van der Waals surface area (Å²) < 4.78 is 20.8. The van der Waals surface area contributed by atoms with E-state index in [4.69, 9.17) is 10.5 Å². The Labute approximate surface area is 145 Å². The molecule has 2 aromatic rings. The zero-order valence-corrected chi connectivity index (χ0v) is 14.8. The molecule has 0 saturated carbocycles. The van der Waals surface area contributed by atoms with Crippen LogP contribution < -0.4 is 5.73 Å². The van der Waals surface area contributed by atoms with Crippen LogP contribution in [-0.2, 0) is 11.3 Å². The summed E-state index contributed by atoms with van der Waals surface area (Å²) in [5.74, 6) is -0.111. The monoisotopic (exact) mass is 349 g/mol. The molecule has 25 heavy (non-hydrogen) atoms. The molecule has 1 aromatic carbocycles. The van der Waals surface area contributed by atoms with Crippen molar-refractivity contribution in [2.24, 2.45) is 5.92 Å². The zero-order chi connectivity index (χ0) is 18.2. The van der Waals surface area contributed by atoms with Crippen LogP contribution in [0.15, 0.2) is 12.1 Å². The molecule has 0 aliphatic carbocycles. The summed E-state index contributed by atoms with van der Waals surface area (Å²) in [7, 11) is 0. The molecule has 0 spiro atoms. The molecule has 0 atom stereocenters. The van der Waals surface area contributed by atoms with E-state index in [1.165, 1.54) is 12.1 Å². The number of halogens is 1. The van der Waals surface area contributed by atoms with Gasteiger partial charge in [-0.15, -0.1) is 5.10 Å². The fourth-order valence-corrected chi connectivity index (χ4v) is 3.01. The van der Waals surface area contributed by atoms with Crippen molar-refractivity contribution in [1.29, 1.82) is 0 Å². The molecule has 2 heterocycles. The van der Waals surface area contributed by atoms with Crippen molar-refractivity contribution in [3.05, 3.63) is 17.9 Å². The molecule has 0 unspecified atom stereocenters. The minimum atomic E-state index is -0.487. The Morgan fingerprint density at radius 2 is 2.04 bits per heavy atom. The Hall–Kier alpha value is -2.38. The summed E-state index contributed by atoms with van der Waals surface area (Å²) in [6.45, 7) is 7.52. The number of fused-ring (bicyclic) bond motifs is 1. The van der Waals surface area contributed by atoms with Gasteiger partial charge in [-0.1, -0.05) is 5.21 Å². The van der Waals surface area contributed by atoms with Gasteiger partial charge >= 0.3 is 6.09 Å². The molecule has 0 bridgehead atoms. The lowest BCUT2D eigenvalue weighted by atomic mass is 9.97. The maximum atomic E-state index is 13.7. The highest BCUT2D eigenvalue weighted by Gasteiger charge is 2.27. The molecule has 136 valence electrons. The topological polar surface area (TPSA) is 86.3 Å². The van der Waals surface area contributed by atoms with Crippen molar-refractivity contribution < 1.29 is 13.9 Å². The first-order chi connectivity index (χ1) is 11.7. The summed E-state index contributed by atoms with van der Waals surface area (Å²) in [5, 5.41) is 8.16. The van der Waals surface area contributed by atoms with Crippen molar-refractivity contribution in [3.8, 4) is 0 Å². The number of anilines is 1. The van der Waals surface area contributed by atoms with Gasteiger partial charge in [0.05, 0.1) is 11.2 Å². The van der Waals surface area contributed by atoms with Crippen LogP contribution in [0.2, 0.25) is 0 Å². The third-order valence-electron chi connectivity index (χ3n) is 4.33. The first-order valence-electron chi connectivity index (χ1n) is 8.49. The van der Waals surface area contributed by atoms with Crippen molar-refractivity contribution >= 4 is 22.8 Å². The predicted octanol–water partition coefficient (Wildman–Crippen LogP) is 2.80. The summed E-state index contributed by atoms with van der Waals surface area (Å²) in [6.07, 6.45) is 1.42. The third kappa shape index (κ3) is 4.00. The number of rotatable bonds is 2. The quantitative estimate of drug-likeness (QED) is 0.843. The molecule has 1 aromatic heterocycles. The molecule has 1 amide bonds. The number of carbonyl (C=O) groups excluding carboxylic acids is 1. The van der Waals surface area contributed by atoms with Crippen molar-refractivity contribution in [2.75, 3.05) is 18.8 Å². The number of nitrogen functional groups attached to an aromatic ring is 1. The Morgan fingerprint density at radius 3 is 2.68 bits per heavy atom. The molecule has 7 nitrogen and oxygen atoms in total. The number of amides is 1. The van der Waals surface area contributed by atoms with Gasteiger partial charge < -0.3 is 15.4 Å². The molecule has 3 rings (SSSR count). The van der Waals surface area contributed by atoms with E-state index >= 15 is 0 Å². The SMILES string of the molecule is CC(C)(C)OC(=O)N1CCC(Cn2nnc3cc(N)c(F)cc32)CC1. The minimum Gasteiger partial charge on any atom is -0.444 e. The predicted molar refractivity (Wildman–Crippen MR) is 92.4 cm³/mol. The number of likely N-dealkylation sites (tertiary alicyclic amines) is 1. The molecule has 0 radical (unpaired) electrons. The number of aromatic nitrogens is 3. The highest BCUT2D eigenvalue weighted by atomic mass is 19.1. The van der Waals surface area contributed by atoms with Gasteiger partial charge in [0.15, 0.2) is 0 Å². The first kappa shape index (κ1) is 17.4. The number of piperidine rings is 1. The largest absolute Gasteiger partial charge is 0.444 e. The Balaban J connectivity index is 1.61. The van der Waals surface area contributed by atoms with Crippen LogP contribution in [-0.4, -0.2) is 44.7 Å². The van der Waals surface area contributed by atoms with Crippen LogP contribution in [0.4, 0.5) is 14.9 Å². The van der Waals surface area contributed by atoms with Crippen LogP contribution in [0.1, 0.15) is 33.6 Å². The van der Waals surface area contributed by atoms with Gasteiger partial charge in [0, 0.05) is 25.7 Å². The summed E-state index contributed by atoms with van der Waals surface area (Å²) >= 11 is 0. The van der Waals surface area contributed by atoms with E-state index < -0.39 is 11.4 Å². The molecule has 1 saturated heterocycles. The Bertz CT molecular complexity index is 775. The van der Waals surface area contributed by atoms with Crippen LogP contribution in [0.3, 0.4) is 0 Å². The van der Waals surface area contributed by atoms with Crippen molar-refractivity contribution in [3.63, 3.8) is 0 Å². The maximum absolute atomic E-state index is 13.7. The number of ether oxygens (including phenoxy) is 1. The molecular formula is C17H24FN5O2. The van der Waals surface area contributed by atoms with Gasteiger partial charge in [-0.3, -0.25) is 0 Å². The molecule has 1 aliphatic heterocycles. The van der Waals surface area contributed by atoms with E-state index in [2.05, 4.69) is 10.3 Å². The lowest BCUT2D eigenvalue weighted by molar-refractivity contribution is 0.0177. The molecule has 2 N–H and O–H groups in total. The van der Waals surface area contributed by atoms with Gasteiger partial charge in [0.25, 0.3) is 0 Å². The van der Waals surface area contributed by atoms with Gasteiger partial charge in [0.2, 0.25) is 0 Å². The van der Waals surface area contributed by atoms with E-state index in [0.29, 0.717) is 36.6 Å². The van der Waals surface area contributed by atoms with Gasteiger partial charge in [-0.25, -0.2) is 13.9 Å². The second-order valence-corrected chi connectivity index (χ2v) is 7.54. The lowest BCUT2D eigenvalue weighted by Crippen LogP contribution is -2.42. The average molecular weight is 349 g/mol. The number of hydrogen-bond acceptors (Lipinski definition) is 5. The fraction of sp³-hybridized carbons (Fsp3) is 0.588. The van der Waals surface area contributed by atoms with Crippen molar-refractivity contribution in [2.45, 2.75) is 45.8 Å². The van der Waals surface area contributed by atoms with Gasteiger partial charge in [0.1, 0.15) is 16.9 Å². The van der Waals surface area contributed by atoms with E-state index in [9.17, 15) is 9.18 Å². The summed E-state index contributed by atoms with van der Waals surface area (Å²) in [6, 6.07) is 2.87. The molecular weight excluding hydrogens is 325 g/mol. The van der Waals surface area contributed by atoms with E-state index in [-0.39, 0.29) is 11.8 Å². The molecule has 1 aliphatic rings. The molecule has 1 fully saturated rings. The second-order valence-electron chi connectivity index (χ2n) is 7.54. The first-order valence-corrected chi connectivity index (χ1v) is 8.49.